The normalized spacial score (nSPS) is 16.5. The zero-order chi connectivity index (χ0) is 18.1. The Morgan fingerprint density at radius 2 is 2.04 bits per heavy atom. The number of rotatable bonds is 10. The highest BCUT2D eigenvalue weighted by Gasteiger charge is 2.30. The molecule has 1 aliphatic heterocycles. The lowest BCUT2D eigenvalue weighted by Crippen LogP contribution is -2.51. The number of amides is 1. The van der Waals surface area contributed by atoms with Crippen molar-refractivity contribution in [2.45, 2.75) is 58.1 Å². The summed E-state index contributed by atoms with van der Waals surface area (Å²) in [6, 6.07) is 8.21. The number of carbonyl (C=O) groups excluding carboxylic acids is 1. The maximum Gasteiger partial charge on any atom is 0.263 e. The van der Waals surface area contributed by atoms with Crippen molar-refractivity contribution in [3.8, 4) is 5.75 Å². The SMILES string of the molecule is CCC(CC)NC(=O)C1CN(CCCCCOC)c2ccccc2O1. The van der Waals surface area contributed by atoms with Crippen LogP contribution in [0.15, 0.2) is 24.3 Å². The molecule has 0 spiro atoms. The predicted octanol–water partition coefficient (Wildman–Crippen LogP) is 3.38. The number of hydrogen-bond donors (Lipinski definition) is 1. The maximum atomic E-state index is 12.6. The summed E-state index contributed by atoms with van der Waals surface area (Å²) < 4.78 is 11.1. The first-order valence-corrected chi connectivity index (χ1v) is 9.49. The van der Waals surface area contributed by atoms with Gasteiger partial charge in [-0.1, -0.05) is 26.0 Å². The van der Waals surface area contributed by atoms with Gasteiger partial charge in [0.25, 0.3) is 5.91 Å². The van der Waals surface area contributed by atoms with Gasteiger partial charge in [-0.25, -0.2) is 0 Å². The summed E-state index contributed by atoms with van der Waals surface area (Å²) in [7, 11) is 1.74. The molecule has 1 aromatic carbocycles. The first kappa shape index (κ1) is 19.6. The van der Waals surface area contributed by atoms with E-state index in [0.717, 1.165) is 56.7 Å². The highest BCUT2D eigenvalue weighted by Crippen LogP contribution is 2.33. The van der Waals surface area contributed by atoms with Gasteiger partial charge in [-0.3, -0.25) is 4.79 Å². The van der Waals surface area contributed by atoms with Crippen LogP contribution in [0.25, 0.3) is 0 Å². The number of nitrogens with one attached hydrogen (secondary N) is 1. The van der Waals surface area contributed by atoms with E-state index < -0.39 is 6.10 Å². The fourth-order valence-corrected chi connectivity index (χ4v) is 3.17. The lowest BCUT2D eigenvalue weighted by molar-refractivity contribution is -0.128. The maximum absolute atomic E-state index is 12.6. The van der Waals surface area contributed by atoms with E-state index in [0.29, 0.717) is 6.54 Å². The quantitative estimate of drug-likeness (QED) is 0.659. The molecule has 1 aliphatic rings. The molecule has 1 amide bonds. The molecular weight excluding hydrogens is 316 g/mol. The fraction of sp³-hybridized carbons (Fsp3) is 0.650. The molecule has 0 aliphatic carbocycles. The van der Waals surface area contributed by atoms with E-state index in [4.69, 9.17) is 9.47 Å². The summed E-state index contributed by atoms with van der Waals surface area (Å²) >= 11 is 0. The molecule has 0 aromatic heterocycles. The molecule has 0 saturated heterocycles. The Bertz CT molecular complexity index is 531. The van der Waals surface area contributed by atoms with Crippen LogP contribution in [0.5, 0.6) is 5.75 Å². The standard InChI is InChI=1S/C20H32N2O3/c1-4-16(5-2)21-20(23)19-15-22(13-9-6-10-14-24-3)17-11-7-8-12-18(17)25-19/h7-8,11-12,16,19H,4-6,9-10,13-15H2,1-3H3,(H,21,23). The Hall–Kier alpha value is -1.75. The van der Waals surface area contributed by atoms with Crippen LogP contribution < -0.4 is 15.0 Å². The minimum atomic E-state index is -0.450. The van der Waals surface area contributed by atoms with Crippen LogP contribution in [0, 0.1) is 0 Å². The van der Waals surface area contributed by atoms with E-state index in [1.54, 1.807) is 7.11 Å². The number of para-hydroxylation sites is 2. The number of ether oxygens (including phenoxy) is 2. The Balaban J connectivity index is 1.99. The second-order valence-electron chi connectivity index (χ2n) is 6.60. The third kappa shape index (κ3) is 5.63. The molecule has 1 aromatic rings. The third-order valence-electron chi connectivity index (χ3n) is 4.76. The summed E-state index contributed by atoms with van der Waals surface area (Å²) in [5.74, 6) is 0.794. The molecular formula is C20H32N2O3. The number of nitrogens with zero attached hydrogens (tertiary/aromatic N) is 1. The second kappa shape index (κ2) is 10.3. The third-order valence-corrected chi connectivity index (χ3v) is 4.76. The minimum Gasteiger partial charge on any atom is -0.477 e. The summed E-state index contributed by atoms with van der Waals surface area (Å²) in [6.45, 7) is 6.53. The predicted molar refractivity (Wildman–Crippen MR) is 101 cm³/mol. The van der Waals surface area contributed by atoms with Gasteiger partial charge in [0.2, 0.25) is 0 Å². The molecule has 5 nitrogen and oxygen atoms in total. The zero-order valence-corrected chi connectivity index (χ0v) is 15.8. The topological polar surface area (TPSA) is 50.8 Å². The number of benzene rings is 1. The van der Waals surface area contributed by atoms with Crippen molar-refractivity contribution in [3.05, 3.63) is 24.3 Å². The molecule has 140 valence electrons. The molecule has 0 radical (unpaired) electrons. The van der Waals surface area contributed by atoms with Crippen molar-refractivity contribution in [1.82, 2.24) is 5.32 Å². The monoisotopic (exact) mass is 348 g/mol. The second-order valence-corrected chi connectivity index (χ2v) is 6.60. The zero-order valence-electron chi connectivity index (χ0n) is 15.8. The van der Waals surface area contributed by atoms with Crippen molar-refractivity contribution in [2.75, 3.05) is 31.7 Å². The van der Waals surface area contributed by atoms with Gasteiger partial charge in [-0.05, 0) is 44.2 Å². The van der Waals surface area contributed by atoms with Gasteiger partial charge >= 0.3 is 0 Å². The lowest BCUT2D eigenvalue weighted by Gasteiger charge is -2.36. The van der Waals surface area contributed by atoms with Gasteiger partial charge < -0.3 is 19.7 Å². The van der Waals surface area contributed by atoms with E-state index in [-0.39, 0.29) is 11.9 Å². The molecule has 2 rings (SSSR count). The molecule has 1 N–H and O–H groups in total. The molecule has 25 heavy (non-hydrogen) atoms. The Morgan fingerprint density at radius 1 is 1.28 bits per heavy atom. The van der Waals surface area contributed by atoms with E-state index in [1.165, 1.54) is 0 Å². The smallest absolute Gasteiger partial charge is 0.263 e. The lowest BCUT2D eigenvalue weighted by atomic mass is 10.1. The van der Waals surface area contributed by atoms with Gasteiger partial charge in [-0.15, -0.1) is 0 Å². The highest BCUT2D eigenvalue weighted by molar-refractivity contribution is 5.83. The largest absolute Gasteiger partial charge is 0.477 e. The van der Waals surface area contributed by atoms with Crippen LogP contribution >= 0.6 is 0 Å². The van der Waals surface area contributed by atoms with Gasteiger partial charge in [-0.2, -0.15) is 0 Å². The van der Waals surface area contributed by atoms with Crippen molar-refractivity contribution in [1.29, 1.82) is 0 Å². The molecule has 1 unspecified atom stereocenters. The van der Waals surface area contributed by atoms with E-state index in [9.17, 15) is 4.79 Å². The van der Waals surface area contributed by atoms with Crippen LogP contribution in [-0.2, 0) is 9.53 Å². The number of methoxy groups -OCH3 is 1. The first-order valence-electron chi connectivity index (χ1n) is 9.49. The Morgan fingerprint density at radius 3 is 2.76 bits per heavy atom. The summed E-state index contributed by atoms with van der Waals surface area (Å²) in [4.78, 5) is 14.9. The van der Waals surface area contributed by atoms with Crippen LogP contribution in [0.1, 0.15) is 46.0 Å². The van der Waals surface area contributed by atoms with Crippen LogP contribution in [0.4, 0.5) is 5.69 Å². The number of carbonyl (C=O) groups is 1. The average Bonchev–Trinajstić information content (AvgIpc) is 2.65. The van der Waals surface area contributed by atoms with Crippen LogP contribution in [-0.4, -0.2) is 44.9 Å². The number of unbranched alkanes of at least 4 members (excludes halogenated alkanes) is 2. The van der Waals surface area contributed by atoms with Crippen molar-refractivity contribution < 1.29 is 14.3 Å². The number of hydrogen-bond acceptors (Lipinski definition) is 4. The fourth-order valence-electron chi connectivity index (χ4n) is 3.17. The molecule has 0 bridgehead atoms. The summed E-state index contributed by atoms with van der Waals surface area (Å²) in [6.07, 6.45) is 4.70. The first-order chi connectivity index (χ1) is 12.2. The number of anilines is 1. The van der Waals surface area contributed by atoms with Crippen molar-refractivity contribution >= 4 is 11.6 Å². The van der Waals surface area contributed by atoms with Gasteiger partial charge in [0.1, 0.15) is 5.75 Å². The summed E-state index contributed by atoms with van der Waals surface area (Å²) in [5.41, 5.74) is 1.08. The highest BCUT2D eigenvalue weighted by atomic mass is 16.5. The Labute approximate surface area is 151 Å². The minimum absolute atomic E-state index is 0.00686. The van der Waals surface area contributed by atoms with Crippen molar-refractivity contribution in [2.24, 2.45) is 0 Å². The number of fused-ring (bicyclic) bond motifs is 1. The van der Waals surface area contributed by atoms with Gasteiger partial charge in [0.05, 0.1) is 12.2 Å². The van der Waals surface area contributed by atoms with E-state index in [1.807, 2.05) is 18.2 Å². The molecule has 5 heteroatoms. The van der Waals surface area contributed by atoms with Gasteiger partial charge in [0.15, 0.2) is 6.10 Å². The molecule has 1 atom stereocenters. The summed E-state index contributed by atoms with van der Waals surface area (Å²) in [5, 5.41) is 3.11. The van der Waals surface area contributed by atoms with Crippen molar-refractivity contribution in [3.63, 3.8) is 0 Å². The van der Waals surface area contributed by atoms with Gasteiger partial charge in [0, 0.05) is 26.3 Å². The molecule has 1 heterocycles. The molecule has 0 fully saturated rings. The van der Waals surface area contributed by atoms with Crippen LogP contribution in [0.2, 0.25) is 0 Å². The van der Waals surface area contributed by atoms with E-state index >= 15 is 0 Å². The Kier molecular flexibility index (Phi) is 8.06. The van der Waals surface area contributed by atoms with E-state index in [2.05, 4.69) is 30.1 Å². The average molecular weight is 348 g/mol. The van der Waals surface area contributed by atoms with Crippen LogP contribution in [0.3, 0.4) is 0 Å². The molecule has 0 saturated carbocycles.